The van der Waals surface area contributed by atoms with Crippen LogP contribution in [0.3, 0.4) is 0 Å². The van der Waals surface area contributed by atoms with Crippen LogP contribution >= 0.6 is 0 Å². The zero-order valence-corrected chi connectivity index (χ0v) is 20.3. The Labute approximate surface area is 207 Å². The second-order valence-corrected chi connectivity index (χ2v) is 8.09. The van der Waals surface area contributed by atoms with Crippen LogP contribution in [-0.4, -0.2) is 33.5 Å². The molecule has 0 unspecified atom stereocenters. The molecule has 0 bridgehead atoms. The van der Waals surface area contributed by atoms with Crippen molar-refractivity contribution in [2.75, 3.05) is 19.0 Å². The molecule has 2 aromatic carbocycles. The zero-order valence-electron chi connectivity index (χ0n) is 20.3. The zero-order chi connectivity index (χ0) is 25.5. The Hall–Kier alpha value is -4.05. The lowest BCUT2D eigenvalue weighted by molar-refractivity contribution is 0.122. The molecule has 2 aromatic heterocycles. The quantitative estimate of drug-likeness (QED) is 0.297. The first-order valence-corrected chi connectivity index (χ1v) is 11.3. The highest BCUT2D eigenvalue weighted by Crippen LogP contribution is 2.27. The van der Waals surface area contributed by atoms with E-state index < -0.39 is 11.6 Å². The van der Waals surface area contributed by atoms with Gasteiger partial charge in [0.15, 0.2) is 23.1 Å². The molecule has 2 heterocycles. The molecule has 0 aliphatic heterocycles. The Balaban J connectivity index is 1.30. The van der Waals surface area contributed by atoms with Crippen LogP contribution in [0.25, 0.3) is 0 Å². The Bertz CT molecular complexity index is 1300. The van der Waals surface area contributed by atoms with E-state index in [1.54, 1.807) is 4.68 Å². The highest BCUT2D eigenvalue weighted by atomic mass is 19.1. The molecule has 0 aliphatic carbocycles. The number of hydrogen-bond acceptors (Lipinski definition) is 7. The highest BCUT2D eigenvalue weighted by Gasteiger charge is 2.18. The van der Waals surface area contributed by atoms with E-state index >= 15 is 0 Å². The van der Waals surface area contributed by atoms with Crippen molar-refractivity contribution in [3.05, 3.63) is 88.9 Å². The first-order chi connectivity index (χ1) is 17.4. The SMILES string of the molecule is COc1cc(C)c(F)c(COc2cnc(Nc3cc(CCOCc4ccccc4)n(C)n3)nc2)c1F. The van der Waals surface area contributed by atoms with Crippen molar-refractivity contribution in [2.45, 2.75) is 26.6 Å². The molecule has 0 spiro atoms. The van der Waals surface area contributed by atoms with Crippen LogP contribution in [0.2, 0.25) is 0 Å². The van der Waals surface area contributed by atoms with Crippen LogP contribution in [0.5, 0.6) is 11.5 Å². The van der Waals surface area contributed by atoms with Gasteiger partial charge in [-0.1, -0.05) is 30.3 Å². The molecule has 8 nitrogen and oxygen atoms in total. The lowest BCUT2D eigenvalue weighted by Crippen LogP contribution is -2.06. The van der Waals surface area contributed by atoms with Gasteiger partial charge in [0.25, 0.3) is 0 Å². The molecule has 0 aliphatic rings. The summed E-state index contributed by atoms with van der Waals surface area (Å²) >= 11 is 0. The third kappa shape index (κ3) is 6.14. The highest BCUT2D eigenvalue weighted by molar-refractivity contribution is 5.48. The number of aromatic nitrogens is 4. The van der Waals surface area contributed by atoms with Crippen LogP contribution in [0, 0.1) is 18.6 Å². The maximum atomic E-state index is 14.4. The van der Waals surface area contributed by atoms with Gasteiger partial charge in [-0.25, -0.2) is 18.7 Å². The summed E-state index contributed by atoms with van der Waals surface area (Å²) in [7, 11) is 3.18. The second-order valence-electron chi connectivity index (χ2n) is 8.09. The van der Waals surface area contributed by atoms with E-state index in [1.807, 2.05) is 43.4 Å². The largest absolute Gasteiger partial charge is 0.494 e. The Morgan fingerprint density at radius 3 is 2.47 bits per heavy atom. The molecule has 0 fully saturated rings. The number of halogens is 2. The van der Waals surface area contributed by atoms with Gasteiger partial charge in [0, 0.05) is 25.2 Å². The van der Waals surface area contributed by atoms with Gasteiger partial charge in [-0.15, -0.1) is 0 Å². The molecule has 0 radical (unpaired) electrons. The van der Waals surface area contributed by atoms with E-state index in [1.165, 1.54) is 32.5 Å². The van der Waals surface area contributed by atoms with E-state index in [0.29, 0.717) is 31.4 Å². The Morgan fingerprint density at radius 2 is 1.75 bits per heavy atom. The van der Waals surface area contributed by atoms with Crippen molar-refractivity contribution in [3.63, 3.8) is 0 Å². The Morgan fingerprint density at radius 1 is 1.00 bits per heavy atom. The number of ether oxygens (including phenoxy) is 3. The topological polar surface area (TPSA) is 83.3 Å². The number of methoxy groups -OCH3 is 1. The molecule has 4 aromatic rings. The molecule has 0 atom stereocenters. The molecule has 36 heavy (non-hydrogen) atoms. The molecular formula is C26H27F2N5O3. The number of anilines is 2. The van der Waals surface area contributed by atoms with E-state index in [-0.39, 0.29) is 29.2 Å². The van der Waals surface area contributed by atoms with Gasteiger partial charge in [0.05, 0.1) is 38.3 Å². The fraction of sp³-hybridized carbons (Fsp3) is 0.269. The van der Waals surface area contributed by atoms with Gasteiger partial charge >= 0.3 is 0 Å². The van der Waals surface area contributed by atoms with Crippen LogP contribution in [0.1, 0.15) is 22.4 Å². The van der Waals surface area contributed by atoms with Gasteiger partial charge in [0.2, 0.25) is 5.95 Å². The summed E-state index contributed by atoms with van der Waals surface area (Å²) in [5.74, 6) is -0.361. The standard InChI is InChI=1S/C26H27F2N5O3/c1-17-11-22(34-3)25(28)21(24(17)27)16-36-20-13-29-26(30-14-20)31-23-12-19(33(2)32-23)9-10-35-15-18-7-5-4-6-8-18/h4-8,11-14H,9-10,15-16H2,1-3H3,(H,29,30,31,32). The normalized spacial score (nSPS) is 10.9. The fourth-order valence-electron chi connectivity index (χ4n) is 3.55. The van der Waals surface area contributed by atoms with Gasteiger partial charge in [-0.3, -0.25) is 4.68 Å². The molecular weight excluding hydrogens is 468 g/mol. The third-order valence-corrected chi connectivity index (χ3v) is 5.50. The molecule has 1 N–H and O–H groups in total. The average Bonchev–Trinajstić information content (AvgIpc) is 3.24. The van der Waals surface area contributed by atoms with Crippen molar-refractivity contribution in [3.8, 4) is 11.5 Å². The first kappa shape index (κ1) is 25.1. The summed E-state index contributed by atoms with van der Waals surface area (Å²) in [6.07, 6.45) is 3.53. The second kappa shape index (κ2) is 11.6. The van der Waals surface area contributed by atoms with Crippen molar-refractivity contribution >= 4 is 11.8 Å². The molecule has 0 saturated heterocycles. The maximum absolute atomic E-state index is 14.4. The molecule has 0 amide bonds. The summed E-state index contributed by atoms with van der Waals surface area (Å²) in [4.78, 5) is 8.39. The van der Waals surface area contributed by atoms with Crippen molar-refractivity contribution in [1.82, 2.24) is 19.7 Å². The smallest absolute Gasteiger partial charge is 0.228 e. The van der Waals surface area contributed by atoms with Gasteiger partial charge in [-0.2, -0.15) is 5.10 Å². The predicted octanol–water partition coefficient (Wildman–Crippen LogP) is 4.89. The van der Waals surface area contributed by atoms with Crippen molar-refractivity contribution < 1.29 is 23.0 Å². The van der Waals surface area contributed by atoms with Crippen molar-refractivity contribution in [2.24, 2.45) is 7.05 Å². The van der Waals surface area contributed by atoms with E-state index in [9.17, 15) is 8.78 Å². The van der Waals surface area contributed by atoms with Crippen LogP contribution in [0.4, 0.5) is 20.5 Å². The number of hydrogen-bond donors (Lipinski definition) is 1. The summed E-state index contributed by atoms with van der Waals surface area (Å²) < 4.78 is 46.8. The minimum Gasteiger partial charge on any atom is -0.494 e. The lowest BCUT2D eigenvalue weighted by atomic mass is 10.1. The molecule has 188 valence electrons. The monoisotopic (exact) mass is 495 g/mol. The average molecular weight is 496 g/mol. The van der Waals surface area contributed by atoms with Gasteiger partial charge < -0.3 is 19.5 Å². The summed E-state index contributed by atoms with van der Waals surface area (Å²) in [5, 5.41) is 7.46. The number of aryl methyl sites for hydroxylation is 2. The van der Waals surface area contributed by atoms with E-state index in [0.717, 1.165) is 11.3 Å². The maximum Gasteiger partial charge on any atom is 0.228 e. The fourth-order valence-corrected chi connectivity index (χ4v) is 3.55. The third-order valence-electron chi connectivity index (χ3n) is 5.50. The number of rotatable bonds is 11. The van der Waals surface area contributed by atoms with E-state index in [2.05, 4.69) is 20.4 Å². The minimum absolute atomic E-state index is 0.0409. The Kier molecular flexibility index (Phi) is 8.06. The van der Waals surface area contributed by atoms with Gasteiger partial charge in [-0.05, 0) is 24.1 Å². The summed E-state index contributed by atoms with van der Waals surface area (Å²) in [5.41, 5.74) is 2.16. The molecule has 0 saturated carbocycles. The molecule has 4 rings (SSSR count). The first-order valence-electron chi connectivity index (χ1n) is 11.3. The van der Waals surface area contributed by atoms with Crippen LogP contribution in [0.15, 0.2) is 54.9 Å². The summed E-state index contributed by atoms with van der Waals surface area (Å²) in [6.45, 7) is 2.32. The lowest BCUT2D eigenvalue weighted by Gasteiger charge is -2.12. The number of nitrogens with one attached hydrogen (secondary N) is 1. The molecule has 10 heteroatoms. The van der Waals surface area contributed by atoms with E-state index in [4.69, 9.17) is 14.2 Å². The minimum atomic E-state index is -0.795. The van der Waals surface area contributed by atoms with Crippen LogP contribution < -0.4 is 14.8 Å². The van der Waals surface area contributed by atoms with Gasteiger partial charge in [0.1, 0.15) is 12.4 Å². The van der Waals surface area contributed by atoms with Crippen LogP contribution in [-0.2, 0) is 31.4 Å². The van der Waals surface area contributed by atoms with Crippen molar-refractivity contribution in [1.29, 1.82) is 0 Å². The summed E-state index contributed by atoms with van der Waals surface area (Å²) in [6, 6.07) is 13.2. The number of nitrogens with zero attached hydrogens (tertiary/aromatic N) is 4. The predicted molar refractivity (Wildman–Crippen MR) is 130 cm³/mol. The number of benzene rings is 2.